The molecule has 2 fully saturated rings. The number of carbonyl (C=O) groups excluding carboxylic acids is 2. The maximum absolute atomic E-state index is 12.6. The Kier molecular flexibility index (Phi) is 5.31. The average molecular weight is 314 g/mol. The summed E-state index contributed by atoms with van der Waals surface area (Å²) in [6.45, 7) is 1.66. The predicted octanol–water partition coefficient (Wildman–Crippen LogP) is 3.38. The third-order valence-corrected chi connectivity index (χ3v) is 4.96. The molecule has 1 aromatic rings. The Morgan fingerprint density at radius 3 is 2.30 bits per heavy atom. The number of likely N-dealkylation sites (tertiary alicyclic amines) is 1. The van der Waals surface area contributed by atoms with Crippen LogP contribution in [0.3, 0.4) is 0 Å². The van der Waals surface area contributed by atoms with E-state index < -0.39 is 0 Å². The average Bonchev–Trinajstić information content (AvgIpc) is 2.63. The smallest absolute Gasteiger partial charge is 0.253 e. The summed E-state index contributed by atoms with van der Waals surface area (Å²) in [4.78, 5) is 26.9. The van der Waals surface area contributed by atoms with Gasteiger partial charge in [-0.25, -0.2) is 0 Å². The van der Waals surface area contributed by atoms with E-state index in [9.17, 15) is 9.59 Å². The highest BCUT2D eigenvalue weighted by Gasteiger charge is 2.20. The standard InChI is InChI=1S/C19H26N2O2/c22-18(20-17-10-3-1-4-11-17)15-8-7-9-16(14-15)19(23)21-12-5-2-6-13-21/h7-9,14,17H,1-6,10-13H2,(H,20,22). The summed E-state index contributed by atoms with van der Waals surface area (Å²) in [5, 5.41) is 3.12. The molecule has 23 heavy (non-hydrogen) atoms. The van der Waals surface area contributed by atoms with Gasteiger partial charge in [0.1, 0.15) is 0 Å². The van der Waals surface area contributed by atoms with Crippen LogP contribution in [-0.4, -0.2) is 35.8 Å². The summed E-state index contributed by atoms with van der Waals surface area (Å²) in [5.41, 5.74) is 1.22. The quantitative estimate of drug-likeness (QED) is 0.930. The van der Waals surface area contributed by atoms with Crippen molar-refractivity contribution in [2.24, 2.45) is 0 Å². The molecule has 1 heterocycles. The fraction of sp³-hybridized carbons (Fsp3) is 0.579. The van der Waals surface area contributed by atoms with Gasteiger partial charge in [0.25, 0.3) is 11.8 Å². The molecule has 0 aromatic heterocycles. The molecule has 1 saturated heterocycles. The van der Waals surface area contributed by atoms with Crippen molar-refractivity contribution < 1.29 is 9.59 Å². The molecular formula is C19H26N2O2. The van der Waals surface area contributed by atoms with Crippen LogP contribution in [0.5, 0.6) is 0 Å². The largest absolute Gasteiger partial charge is 0.349 e. The lowest BCUT2D eigenvalue weighted by atomic mass is 9.95. The second-order valence-corrected chi connectivity index (χ2v) is 6.74. The van der Waals surface area contributed by atoms with E-state index in [0.717, 1.165) is 38.8 Å². The van der Waals surface area contributed by atoms with Crippen molar-refractivity contribution >= 4 is 11.8 Å². The molecule has 1 aliphatic heterocycles. The molecule has 4 heteroatoms. The van der Waals surface area contributed by atoms with Gasteiger partial charge in [0.2, 0.25) is 0 Å². The third kappa shape index (κ3) is 4.12. The number of hydrogen-bond donors (Lipinski definition) is 1. The second-order valence-electron chi connectivity index (χ2n) is 6.74. The molecular weight excluding hydrogens is 288 g/mol. The Balaban J connectivity index is 1.66. The molecule has 1 aliphatic carbocycles. The lowest BCUT2D eigenvalue weighted by Gasteiger charge is -2.27. The van der Waals surface area contributed by atoms with Crippen LogP contribution in [0.4, 0.5) is 0 Å². The van der Waals surface area contributed by atoms with Gasteiger partial charge in [0.15, 0.2) is 0 Å². The molecule has 0 radical (unpaired) electrons. The number of nitrogens with one attached hydrogen (secondary N) is 1. The van der Waals surface area contributed by atoms with E-state index in [0.29, 0.717) is 11.1 Å². The van der Waals surface area contributed by atoms with Crippen molar-refractivity contribution in [2.75, 3.05) is 13.1 Å². The molecule has 3 rings (SSSR count). The summed E-state index contributed by atoms with van der Waals surface area (Å²) in [7, 11) is 0. The molecule has 0 spiro atoms. The molecule has 1 N–H and O–H groups in total. The number of piperidine rings is 1. The zero-order valence-electron chi connectivity index (χ0n) is 13.7. The summed E-state index contributed by atoms with van der Waals surface area (Å²) in [6.07, 6.45) is 9.15. The van der Waals surface area contributed by atoms with Gasteiger partial charge in [0.05, 0.1) is 0 Å². The highest BCUT2D eigenvalue weighted by atomic mass is 16.2. The monoisotopic (exact) mass is 314 g/mol. The van der Waals surface area contributed by atoms with Crippen LogP contribution < -0.4 is 5.32 Å². The molecule has 0 atom stereocenters. The molecule has 0 unspecified atom stereocenters. The topological polar surface area (TPSA) is 49.4 Å². The Bertz CT molecular complexity index is 558. The van der Waals surface area contributed by atoms with E-state index in [1.165, 1.54) is 25.7 Å². The molecule has 124 valence electrons. The minimum absolute atomic E-state index is 0.0507. The first kappa shape index (κ1) is 16.0. The van der Waals surface area contributed by atoms with Gasteiger partial charge < -0.3 is 10.2 Å². The normalized spacial score (nSPS) is 19.4. The van der Waals surface area contributed by atoms with Crippen LogP contribution in [0.15, 0.2) is 24.3 Å². The first-order chi connectivity index (χ1) is 11.2. The lowest BCUT2D eigenvalue weighted by Crippen LogP contribution is -2.37. The number of rotatable bonds is 3. The van der Waals surface area contributed by atoms with Gasteiger partial charge in [-0.15, -0.1) is 0 Å². The maximum atomic E-state index is 12.6. The third-order valence-electron chi connectivity index (χ3n) is 4.96. The molecule has 2 amide bonds. The summed E-state index contributed by atoms with van der Waals surface area (Å²) >= 11 is 0. The first-order valence-corrected chi connectivity index (χ1v) is 8.94. The van der Waals surface area contributed by atoms with Crippen molar-refractivity contribution in [3.8, 4) is 0 Å². The SMILES string of the molecule is O=C(NC1CCCCC1)c1cccc(C(=O)N2CCCCC2)c1. The Labute approximate surface area is 138 Å². The van der Waals surface area contributed by atoms with Crippen molar-refractivity contribution in [1.29, 1.82) is 0 Å². The second kappa shape index (κ2) is 7.62. The fourth-order valence-electron chi connectivity index (χ4n) is 3.59. The van der Waals surface area contributed by atoms with Crippen LogP contribution in [-0.2, 0) is 0 Å². The van der Waals surface area contributed by atoms with Crippen molar-refractivity contribution in [3.05, 3.63) is 35.4 Å². The van der Waals surface area contributed by atoms with Gasteiger partial charge in [0, 0.05) is 30.3 Å². The van der Waals surface area contributed by atoms with E-state index >= 15 is 0 Å². The highest BCUT2D eigenvalue weighted by molar-refractivity contribution is 5.99. The number of amides is 2. The molecule has 4 nitrogen and oxygen atoms in total. The minimum Gasteiger partial charge on any atom is -0.349 e. The molecule has 1 saturated carbocycles. The lowest BCUT2D eigenvalue weighted by molar-refractivity contribution is 0.0724. The van der Waals surface area contributed by atoms with Crippen LogP contribution in [0.25, 0.3) is 0 Å². The van der Waals surface area contributed by atoms with Crippen LogP contribution in [0.1, 0.15) is 72.1 Å². The highest BCUT2D eigenvalue weighted by Crippen LogP contribution is 2.18. The molecule has 1 aromatic carbocycles. The summed E-state index contributed by atoms with van der Waals surface area (Å²) in [6, 6.07) is 7.46. The van der Waals surface area contributed by atoms with Gasteiger partial charge in [-0.1, -0.05) is 25.3 Å². The van der Waals surface area contributed by atoms with Gasteiger partial charge in [-0.3, -0.25) is 9.59 Å². The van der Waals surface area contributed by atoms with Crippen LogP contribution in [0, 0.1) is 0 Å². The van der Waals surface area contributed by atoms with Crippen molar-refractivity contribution in [3.63, 3.8) is 0 Å². The van der Waals surface area contributed by atoms with Gasteiger partial charge >= 0.3 is 0 Å². The zero-order chi connectivity index (χ0) is 16.1. The van der Waals surface area contributed by atoms with Crippen LogP contribution >= 0.6 is 0 Å². The Morgan fingerprint density at radius 2 is 1.57 bits per heavy atom. The fourth-order valence-corrected chi connectivity index (χ4v) is 3.59. The van der Waals surface area contributed by atoms with E-state index in [4.69, 9.17) is 0 Å². The molecule has 2 aliphatic rings. The molecule has 0 bridgehead atoms. The zero-order valence-corrected chi connectivity index (χ0v) is 13.7. The van der Waals surface area contributed by atoms with E-state index in [-0.39, 0.29) is 17.9 Å². The van der Waals surface area contributed by atoms with Crippen molar-refractivity contribution in [1.82, 2.24) is 10.2 Å². The predicted molar refractivity (Wildman–Crippen MR) is 90.5 cm³/mol. The van der Waals surface area contributed by atoms with Crippen molar-refractivity contribution in [2.45, 2.75) is 57.4 Å². The maximum Gasteiger partial charge on any atom is 0.253 e. The summed E-state index contributed by atoms with van der Waals surface area (Å²) in [5.74, 6) is 0.00205. The number of hydrogen-bond acceptors (Lipinski definition) is 2. The number of carbonyl (C=O) groups is 2. The Hall–Kier alpha value is -1.84. The Morgan fingerprint density at radius 1 is 0.913 bits per heavy atom. The van der Waals surface area contributed by atoms with E-state index in [1.54, 1.807) is 12.1 Å². The van der Waals surface area contributed by atoms with Gasteiger partial charge in [-0.2, -0.15) is 0 Å². The van der Waals surface area contributed by atoms with Crippen LogP contribution in [0.2, 0.25) is 0 Å². The number of benzene rings is 1. The van der Waals surface area contributed by atoms with E-state index in [2.05, 4.69) is 5.32 Å². The minimum atomic E-state index is -0.0507. The first-order valence-electron chi connectivity index (χ1n) is 8.94. The number of nitrogens with zero attached hydrogens (tertiary/aromatic N) is 1. The van der Waals surface area contributed by atoms with Gasteiger partial charge in [-0.05, 0) is 50.3 Å². The summed E-state index contributed by atoms with van der Waals surface area (Å²) < 4.78 is 0. The van der Waals surface area contributed by atoms with E-state index in [1.807, 2.05) is 17.0 Å².